The molecule has 7 aliphatic rings. The number of phenolic OH excluding ortho intramolecular Hbond substituents is 1. The summed E-state index contributed by atoms with van der Waals surface area (Å²) in [6.07, 6.45) is 1.45. The lowest BCUT2D eigenvalue weighted by Crippen LogP contribution is -2.80. The van der Waals surface area contributed by atoms with Gasteiger partial charge in [0.05, 0.1) is 11.0 Å². The molecule has 8 nitrogen and oxygen atoms in total. The largest absolute Gasteiger partial charge is 0.504 e. The Labute approximate surface area is 199 Å². The molecule has 0 radical (unpaired) electrons. The predicted molar refractivity (Wildman–Crippen MR) is 120 cm³/mol. The van der Waals surface area contributed by atoms with Crippen LogP contribution < -0.4 is 4.74 Å². The van der Waals surface area contributed by atoms with Crippen LogP contribution in [0.25, 0.3) is 0 Å². The molecule has 5 heterocycles. The lowest BCUT2D eigenvalue weighted by Gasteiger charge is -2.65. The number of hydrogen-bond donors (Lipinski definition) is 2. The molecule has 4 saturated heterocycles. The van der Waals surface area contributed by atoms with Gasteiger partial charge in [0.1, 0.15) is 41.6 Å². The predicted octanol–water partition coefficient (Wildman–Crippen LogP) is 1.84. The summed E-state index contributed by atoms with van der Waals surface area (Å²) in [4.78, 5) is 4.58. The minimum absolute atomic E-state index is 0.00219. The van der Waals surface area contributed by atoms with Crippen molar-refractivity contribution in [3.05, 3.63) is 23.3 Å². The number of likely N-dealkylation sites (N-methyl/N-ethyl adjacent to an activating group) is 1. The number of piperidine rings is 1. The van der Waals surface area contributed by atoms with E-state index in [1.54, 1.807) is 6.07 Å². The van der Waals surface area contributed by atoms with Gasteiger partial charge in [0.25, 0.3) is 0 Å². The van der Waals surface area contributed by atoms with Gasteiger partial charge in [0.15, 0.2) is 11.5 Å². The van der Waals surface area contributed by atoms with Crippen molar-refractivity contribution in [3.63, 3.8) is 0 Å². The number of hydrogen-bond acceptors (Lipinski definition) is 8. The first-order valence-electron chi connectivity index (χ1n) is 12.7. The Morgan fingerprint density at radius 2 is 1.65 bits per heavy atom. The van der Waals surface area contributed by atoms with E-state index >= 15 is 0 Å². The molecule has 1 saturated carbocycles. The first-order valence-corrected chi connectivity index (χ1v) is 12.7. The van der Waals surface area contributed by atoms with Gasteiger partial charge in [-0.25, -0.2) is 4.90 Å². The number of likely N-dealkylation sites (tertiary alicyclic amines) is 1. The van der Waals surface area contributed by atoms with Gasteiger partial charge < -0.3 is 34.1 Å². The Morgan fingerprint density at radius 1 is 0.941 bits per heavy atom. The maximum atomic E-state index is 12.6. The van der Waals surface area contributed by atoms with Crippen LogP contribution in [0.15, 0.2) is 12.1 Å². The van der Waals surface area contributed by atoms with E-state index in [0.29, 0.717) is 18.6 Å². The van der Waals surface area contributed by atoms with Crippen LogP contribution in [-0.4, -0.2) is 86.8 Å². The average molecular weight is 471 g/mol. The zero-order valence-corrected chi connectivity index (χ0v) is 20.5. The highest BCUT2D eigenvalue weighted by molar-refractivity contribution is 5.63. The summed E-state index contributed by atoms with van der Waals surface area (Å²) in [5, 5.41) is 23.5. The number of benzene rings is 1. The molecule has 2 N–H and O–H groups in total. The summed E-state index contributed by atoms with van der Waals surface area (Å²) < 4.78 is 27.1. The summed E-state index contributed by atoms with van der Waals surface area (Å²) in [5.74, 6) is 0.676. The zero-order valence-electron chi connectivity index (χ0n) is 20.5. The van der Waals surface area contributed by atoms with Crippen molar-refractivity contribution in [1.29, 1.82) is 0 Å². The van der Waals surface area contributed by atoms with Crippen LogP contribution in [0, 0.1) is 0 Å². The van der Waals surface area contributed by atoms with Crippen molar-refractivity contribution in [1.82, 2.24) is 9.80 Å². The van der Waals surface area contributed by atoms with Gasteiger partial charge >= 0.3 is 0 Å². The Hall–Kier alpha value is -1.42. The highest BCUT2D eigenvalue weighted by Gasteiger charge is 2.82. The highest BCUT2D eigenvalue weighted by Crippen LogP contribution is 2.70. The van der Waals surface area contributed by atoms with E-state index in [2.05, 4.69) is 44.5 Å². The number of fused-ring (bicyclic) bond motifs is 2. The Bertz CT molecular complexity index is 1140. The molecule has 2 spiro atoms. The Balaban J connectivity index is 1.36. The van der Waals surface area contributed by atoms with Gasteiger partial charge in [-0.3, -0.25) is 0 Å². The number of nitrogens with zero attached hydrogens (tertiary/aromatic N) is 2. The topological polar surface area (TPSA) is 83.9 Å². The van der Waals surface area contributed by atoms with Crippen LogP contribution >= 0.6 is 0 Å². The van der Waals surface area contributed by atoms with Crippen LogP contribution in [0.1, 0.15) is 58.1 Å². The van der Waals surface area contributed by atoms with Gasteiger partial charge in [-0.05, 0) is 78.6 Å². The van der Waals surface area contributed by atoms with Gasteiger partial charge in [0, 0.05) is 11.6 Å². The summed E-state index contributed by atoms with van der Waals surface area (Å²) in [5.41, 5.74) is -1.22. The fraction of sp³-hybridized carbons (Fsp3) is 0.769. The number of ether oxygens (including phenoxy) is 4. The van der Waals surface area contributed by atoms with Gasteiger partial charge in [-0.1, -0.05) is 6.07 Å². The number of aromatic hydroxyl groups is 1. The summed E-state index contributed by atoms with van der Waals surface area (Å²) in [7, 11) is 2.12. The minimum Gasteiger partial charge on any atom is -0.504 e. The van der Waals surface area contributed by atoms with Crippen molar-refractivity contribution in [2.75, 3.05) is 13.6 Å². The van der Waals surface area contributed by atoms with Gasteiger partial charge in [-0.2, -0.15) is 0 Å². The molecule has 0 unspecified atom stereocenters. The van der Waals surface area contributed by atoms with E-state index in [1.807, 2.05) is 6.07 Å². The van der Waals surface area contributed by atoms with E-state index in [1.165, 1.54) is 5.56 Å². The molecule has 2 aliphatic carbocycles. The normalized spacial score (nSPS) is 50.9. The molecule has 8 heteroatoms. The van der Waals surface area contributed by atoms with E-state index in [4.69, 9.17) is 18.9 Å². The molecule has 8 atom stereocenters. The maximum absolute atomic E-state index is 12.6. The molecule has 34 heavy (non-hydrogen) atoms. The van der Waals surface area contributed by atoms with Crippen LogP contribution in [-0.2, 0) is 26.0 Å². The van der Waals surface area contributed by atoms with E-state index in [9.17, 15) is 10.2 Å². The standard InChI is InChI=1S/C26H34N2O6/c1-22(2)19-28-20(23(3,4)32-19)34-25(21(28)33-22)8-9-26(30)15-12-13-6-7-14(29)17-16(13)24(26,18(25)31-17)10-11-27(15)5/h6-7,15,18-21,29-30H,8-12H2,1-5H3/t15-,18-,19-,20-,21-,24+,25+,26-/m1/s1. The molecule has 1 aromatic carbocycles. The molecule has 0 amide bonds. The lowest BCUT2D eigenvalue weighted by atomic mass is 9.46. The maximum Gasteiger partial charge on any atom is 0.165 e. The van der Waals surface area contributed by atoms with Crippen LogP contribution in [0.2, 0.25) is 0 Å². The second-order valence-corrected chi connectivity index (χ2v) is 12.8. The van der Waals surface area contributed by atoms with Crippen LogP contribution in [0.5, 0.6) is 11.5 Å². The number of rotatable bonds is 0. The third-order valence-electron chi connectivity index (χ3n) is 10.4. The SMILES string of the molecule is CN1CC[C@]23c4c5ccc(O)c4O[C@H]2[C@]2(CC[C@@]3(O)[C@H]1C5)O[C@H]1N3[C@H](OC1(C)C)C(C)(C)O[C@@H]32. The molecule has 8 rings (SSSR count). The van der Waals surface area contributed by atoms with E-state index in [0.717, 1.165) is 24.9 Å². The fourth-order valence-corrected chi connectivity index (χ4v) is 9.02. The minimum atomic E-state index is -0.960. The molecule has 0 aromatic heterocycles. The van der Waals surface area contributed by atoms with Crippen molar-refractivity contribution >= 4 is 0 Å². The monoisotopic (exact) mass is 470 g/mol. The molecule has 5 aliphatic heterocycles. The first kappa shape index (κ1) is 20.7. The number of phenols is 1. The van der Waals surface area contributed by atoms with Crippen molar-refractivity contribution in [3.8, 4) is 11.5 Å². The van der Waals surface area contributed by atoms with E-state index < -0.39 is 33.9 Å². The molecule has 2 bridgehead atoms. The quantitative estimate of drug-likeness (QED) is 0.595. The molecule has 5 fully saturated rings. The van der Waals surface area contributed by atoms with Crippen molar-refractivity contribution in [2.24, 2.45) is 0 Å². The third kappa shape index (κ3) is 1.90. The van der Waals surface area contributed by atoms with Gasteiger partial charge in [0.2, 0.25) is 0 Å². The lowest BCUT2D eigenvalue weighted by molar-refractivity contribution is -0.265. The summed E-state index contributed by atoms with van der Waals surface area (Å²) in [6, 6.07) is 3.76. The van der Waals surface area contributed by atoms with Gasteiger partial charge in [-0.15, -0.1) is 0 Å². The summed E-state index contributed by atoms with van der Waals surface area (Å²) in [6.45, 7) is 9.19. The molecule has 184 valence electrons. The molecular weight excluding hydrogens is 436 g/mol. The second-order valence-electron chi connectivity index (χ2n) is 12.8. The first-order chi connectivity index (χ1) is 16.0. The molecule has 1 aromatic rings. The van der Waals surface area contributed by atoms with Crippen molar-refractivity contribution in [2.45, 2.75) is 112 Å². The fourth-order valence-electron chi connectivity index (χ4n) is 9.02. The Kier molecular flexibility index (Phi) is 3.42. The zero-order chi connectivity index (χ0) is 23.6. The summed E-state index contributed by atoms with van der Waals surface area (Å²) >= 11 is 0. The smallest absolute Gasteiger partial charge is 0.165 e. The van der Waals surface area contributed by atoms with E-state index in [-0.39, 0.29) is 30.5 Å². The number of aliphatic hydroxyl groups is 1. The highest BCUT2D eigenvalue weighted by atomic mass is 16.7. The average Bonchev–Trinajstić information content (AvgIpc) is 3.43. The Morgan fingerprint density at radius 3 is 2.41 bits per heavy atom. The van der Waals surface area contributed by atoms with Crippen LogP contribution in [0.3, 0.4) is 0 Å². The van der Waals surface area contributed by atoms with Crippen molar-refractivity contribution < 1.29 is 29.2 Å². The van der Waals surface area contributed by atoms with Crippen LogP contribution in [0.4, 0.5) is 0 Å². The second kappa shape index (κ2) is 5.61. The molecular formula is C26H34N2O6. The third-order valence-corrected chi connectivity index (χ3v) is 10.4.